The number of carbonyl (C=O) groups is 1. The fourth-order valence-corrected chi connectivity index (χ4v) is 3.79. The van der Waals surface area contributed by atoms with Gasteiger partial charge in [-0.25, -0.2) is 13.2 Å². The second-order valence-electron chi connectivity index (χ2n) is 5.57. The van der Waals surface area contributed by atoms with Gasteiger partial charge in [0, 0.05) is 25.2 Å². The summed E-state index contributed by atoms with van der Waals surface area (Å²) in [6, 6.07) is 9.01. The second-order valence-corrected chi connectivity index (χ2v) is 8.02. The number of rotatable bonds is 7. The summed E-state index contributed by atoms with van der Waals surface area (Å²) < 4.78 is 42.0. The molecule has 0 atom stereocenters. The predicted molar refractivity (Wildman–Crippen MR) is 101 cm³/mol. The van der Waals surface area contributed by atoms with Crippen molar-refractivity contribution in [2.75, 3.05) is 28.4 Å². The Balaban J connectivity index is 2.36. The molecule has 0 saturated carbocycles. The Morgan fingerprint density at radius 2 is 1.78 bits per heavy atom. The molecule has 0 radical (unpaired) electrons. The van der Waals surface area contributed by atoms with Crippen LogP contribution in [0.2, 0.25) is 5.02 Å². The molecule has 0 saturated heterocycles. The molecule has 2 rings (SSSR count). The van der Waals surface area contributed by atoms with E-state index in [1.54, 1.807) is 18.2 Å². The van der Waals surface area contributed by atoms with E-state index in [9.17, 15) is 13.2 Å². The maximum Gasteiger partial charge on any atom is 0.339 e. The van der Waals surface area contributed by atoms with Crippen LogP contribution in [0, 0.1) is 0 Å². The monoisotopic (exact) mass is 413 g/mol. The highest BCUT2D eigenvalue weighted by atomic mass is 35.5. The number of halogens is 1. The molecule has 0 fully saturated rings. The van der Waals surface area contributed by atoms with Crippen LogP contribution in [0.3, 0.4) is 0 Å². The first kappa shape index (κ1) is 21.0. The quantitative estimate of drug-likeness (QED) is 0.649. The van der Waals surface area contributed by atoms with Gasteiger partial charge in [-0.1, -0.05) is 17.7 Å². The summed E-state index contributed by atoms with van der Waals surface area (Å²) in [6.45, 7) is 0.0612. The Bertz CT molecular complexity index is 945. The van der Waals surface area contributed by atoms with Gasteiger partial charge in [-0.05, 0) is 24.3 Å². The van der Waals surface area contributed by atoms with Crippen molar-refractivity contribution < 1.29 is 27.4 Å². The SMILES string of the molecule is COC(=O)c1cc(S(=O)(=O)N(C)Cc2ccc(OC)cc2OC)ccc1Cl. The minimum absolute atomic E-state index is 0.0179. The molecule has 0 amide bonds. The van der Waals surface area contributed by atoms with E-state index in [1.165, 1.54) is 46.6 Å². The van der Waals surface area contributed by atoms with E-state index < -0.39 is 16.0 Å². The Hall–Kier alpha value is -2.29. The Labute approximate surface area is 163 Å². The van der Waals surface area contributed by atoms with Gasteiger partial charge < -0.3 is 14.2 Å². The molecule has 0 aliphatic carbocycles. The number of ether oxygens (including phenoxy) is 3. The van der Waals surface area contributed by atoms with Crippen molar-refractivity contribution in [3.63, 3.8) is 0 Å². The van der Waals surface area contributed by atoms with E-state index in [4.69, 9.17) is 21.1 Å². The number of benzene rings is 2. The molecule has 0 heterocycles. The molecule has 2 aromatic carbocycles. The number of carbonyl (C=O) groups excluding carboxylic acids is 1. The van der Waals surface area contributed by atoms with Gasteiger partial charge in [-0.15, -0.1) is 0 Å². The molecule has 7 nitrogen and oxygen atoms in total. The van der Waals surface area contributed by atoms with E-state index in [2.05, 4.69) is 4.74 Å². The first-order valence-corrected chi connectivity index (χ1v) is 9.61. The van der Waals surface area contributed by atoms with Gasteiger partial charge in [-0.3, -0.25) is 0 Å². The highest BCUT2D eigenvalue weighted by molar-refractivity contribution is 7.89. The Morgan fingerprint density at radius 1 is 1.07 bits per heavy atom. The average Bonchev–Trinajstić information content (AvgIpc) is 2.67. The van der Waals surface area contributed by atoms with E-state index in [1.807, 2.05) is 0 Å². The molecular formula is C18H20ClNO6S. The summed E-state index contributed by atoms with van der Waals surface area (Å²) in [4.78, 5) is 11.7. The lowest BCUT2D eigenvalue weighted by atomic mass is 10.2. The van der Waals surface area contributed by atoms with Crippen molar-refractivity contribution in [2.24, 2.45) is 0 Å². The molecule has 146 valence electrons. The van der Waals surface area contributed by atoms with E-state index in [0.717, 1.165) is 4.31 Å². The number of methoxy groups -OCH3 is 3. The normalized spacial score (nSPS) is 11.3. The van der Waals surface area contributed by atoms with Gasteiger partial charge in [0.1, 0.15) is 11.5 Å². The van der Waals surface area contributed by atoms with Crippen molar-refractivity contribution in [2.45, 2.75) is 11.4 Å². The molecule has 2 aromatic rings. The van der Waals surface area contributed by atoms with Crippen LogP contribution in [0.4, 0.5) is 0 Å². The van der Waals surface area contributed by atoms with Crippen LogP contribution in [0.1, 0.15) is 15.9 Å². The van der Waals surface area contributed by atoms with E-state index in [-0.39, 0.29) is 22.0 Å². The number of esters is 1. The van der Waals surface area contributed by atoms with Crippen molar-refractivity contribution >= 4 is 27.6 Å². The molecule has 0 aromatic heterocycles. The number of sulfonamides is 1. The van der Waals surface area contributed by atoms with Crippen LogP contribution in [0.25, 0.3) is 0 Å². The molecule has 0 aliphatic heterocycles. The molecule has 0 aliphatic rings. The van der Waals surface area contributed by atoms with Crippen molar-refractivity contribution in [3.8, 4) is 11.5 Å². The summed E-state index contributed by atoms with van der Waals surface area (Å²) in [5.41, 5.74) is 0.641. The largest absolute Gasteiger partial charge is 0.497 e. The maximum absolute atomic E-state index is 12.9. The zero-order chi connectivity index (χ0) is 20.2. The highest BCUT2D eigenvalue weighted by Gasteiger charge is 2.24. The summed E-state index contributed by atoms with van der Waals surface area (Å²) in [5, 5.41) is 0.111. The van der Waals surface area contributed by atoms with Gasteiger partial charge in [0.05, 0.1) is 36.8 Å². The zero-order valence-electron chi connectivity index (χ0n) is 15.4. The number of hydrogen-bond donors (Lipinski definition) is 0. The maximum atomic E-state index is 12.9. The minimum atomic E-state index is -3.88. The molecule has 27 heavy (non-hydrogen) atoms. The van der Waals surface area contributed by atoms with Crippen LogP contribution >= 0.6 is 11.6 Å². The van der Waals surface area contributed by atoms with Gasteiger partial charge in [0.2, 0.25) is 10.0 Å². The Kier molecular flexibility index (Phi) is 6.69. The molecule has 0 N–H and O–H groups in total. The van der Waals surface area contributed by atoms with Crippen molar-refractivity contribution in [3.05, 3.63) is 52.5 Å². The summed E-state index contributed by atoms with van der Waals surface area (Å²) in [6.07, 6.45) is 0. The zero-order valence-corrected chi connectivity index (χ0v) is 16.9. The fraction of sp³-hybridized carbons (Fsp3) is 0.278. The number of hydrogen-bond acceptors (Lipinski definition) is 6. The fourth-order valence-electron chi connectivity index (χ4n) is 2.42. The van der Waals surface area contributed by atoms with Crippen LogP contribution in [-0.2, 0) is 21.3 Å². The van der Waals surface area contributed by atoms with Crippen LogP contribution in [-0.4, -0.2) is 47.1 Å². The average molecular weight is 414 g/mol. The van der Waals surface area contributed by atoms with Gasteiger partial charge in [0.15, 0.2) is 0 Å². The minimum Gasteiger partial charge on any atom is -0.497 e. The molecule has 9 heteroatoms. The summed E-state index contributed by atoms with van der Waals surface area (Å²) in [7, 11) is 1.78. The highest BCUT2D eigenvalue weighted by Crippen LogP contribution is 2.28. The van der Waals surface area contributed by atoms with Crippen LogP contribution in [0.5, 0.6) is 11.5 Å². The molecule has 0 unspecified atom stereocenters. The first-order valence-electron chi connectivity index (χ1n) is 7.79. The Morgan fingerprint density at radius 3 is 2.37 bits per heavy atom. The lowest BCUT2D eigenvalue weighted by Crippen LogP contribution is -2.27. The van der Waals surface area contributed by atoms with E-state index >= 15 is 0 Å². The lowest BCUT2D eigenvalue weighted by molar-refractivity contribution is 0.0600. The standard InChI is InChI=1S/C18H20ClNO6S/c1-20(11-12-5-6-13(24-2)9-17(12)25-3)27(22,23)14-7-8-16(19)15(10-14)18(21)26-4/h5-10H,11H2,1-4H3. The predicted octanol–water partition coefficient (Wildman–Crippen LogP) is 2.96. The third-order valence-corrected chi connectivity index (χ3v) is 6.07. The van der Waals surface area contributed by atoms with Crippen LogP contribution < -0.4 is 9.47 Å². The molecule has 0 bridgehead atoms. The summed E-state index contributed by atoms with van der Waals surface area (Å²) >= 11 is 5.96. The van der Waals surface area contributed by atoms with E-state index in [0.29, 0.717) is 17.1 Å². The smallest absolute Gasteiger partial charge is 0.339 e. The topological polar surface area (TPSA) is 82.1 Å². The first-order chi connectivity index (χ1) is 12.7. The van der Waals surface area contributed by atoms with Gasteiger partial charge in [0.25, 0.3) is 0 Å². The lowest BCUT2D eigenvalue weighted by Gasteiger charge is -2.19. The van der Waals surface area contributed by atoms with Gasteiger partial charge >= 0.3 is 5.97 Å². The van der Waals surface area contributed by atoms with Gasteiger partial charge in [-0.2, -0.15) is 4.31 Å². The second kappa shape index (κ2) is 8.60. The number of nitrogens with zero attached hydrogens (tertiary/aromatic N) is 1. The third kappa shape index (κ3) is 4.52. The molecule has 0 spiro atoms. The third-order valence-electron chi connectivity index (χ3n) is 3.94. The summed E-state index contributed by atoms with van der Waals surface area (Å²) in [5.74, 6) is 0.390. The van der Waals surface area contributed by atoms with Crippen molar-refractivity contribution in [1.29, 1.82) is 0 Å². The van der Waals surface area contributed by atoms with Crippen molar-refractivity contribution in [1.82, 2.24) is 4.31 Å². The van der Waals surface area contributed by atoms with Crippen LogP contribution in [0.15, 0.2) is 41.3 Å². The molecular weight excluding hydrogens is 394 g/mol.